The van der Waals surface area contributed by atoms with Gasteiger partial charge in [-0.25, -0.2) is 9.78 Å². The van der Waals surface area contributed by atoms with Crippen molar-refractivity contribution in [3.05, 3.63) is 62.0 Å². The summed E-state index contributed by atoms with van der Waals surface area (Å²) in [6.07, 6.45) is 1.98. The Bertz CT molecular complexity index is 1220. The number of piperazine rings is 1. The van der Waals surface area contributed by atoms with E-state index in [1.807, 2.05) is 17.0 Å². The minimum atomic E-state index is -0.387. The van der Waals surface area contributed by atoms with E-state index in [2.05, 4.69) is 9.88 Å². The van der Waals surface area contributed by atoms with Gasteiger partial charge in [0.15, 0.2) is 11.2 Å². The summed E-state index contributed by atoms with van der Waals surface area (Å²) >= 11 is 5.90. The van der Waals surface area contributed by atoms with Gasteiger partial charge in [0.25, 0.3) is 5.56 Å². The van der Waals surface area contributed by atoms with Gasteiger partial charge < -0.3 is 9.47 Å². The van der Waals surface area contributed by atoms with E-state index in [1.165, 1.54) is 11.6 Å². The van der Waals surface area contributed by atoms with Crippen LogP contribution in [0.5, 0.6) is 0 Å². The smallest absolute Gasteiger partial charge is 0.332 e. The van der Waals surface area contributed by atoms with Gasteiger partial charge in [-0.1, -0.05) is 23.7 Å². The first-order valence-electron chi connectivity index (χ1n) is 10.2. The Kier molecular flexibility index (Phi) is 5.97. The molecule has 3 heterocycles. The van der Waals surface area contributed by atoms with Gasteiger partial charge >= 0.3 is 5.69 Å². The lowest BCUT2D eigenvalue weighted by Crippen LogP contribution is -2.49. The second-order valence-electron chi connectivity index (χ2n) is 7.84. The number of carbonyl (C=O) groups excluding carboxylic acids is 1. The van der Waals surface area contributed by atoms with Crippen molar-refractivity contribution in [3.63, 3.8) is 0 Å². The third kappa shape index (κ3) is 4.28. The number of halogens is 1. The maximum absolute atomic E-state index is 12.6. The second-order valence-corrected chi connectivity index (χ2v) is 8.28. The number of fused-ring (bicyclic) bond motifs is 1. The number of nitrogens with zero attached hydrogens (tertiary/aromatic N) is 6. The number of hydrogen-bond donors (Lipinski definition) is 0. The van der Waals surface area contributed by atoms with Crippen molar-refractivity contribution in [1.29, 1.82) is 0 Å². The lowest BCUT2D eigenvalue weighted by atomic mass is 10.1. The summed E-state index contributed by atoms with van der Waals surface area (Å²) in [5, 5.41) is 0.663. The molecule has 1 aliphatic rings. The molecule has 0 radical (unpaired) electrons. The number of aromatic nitrogens is 4. The van der Waals surface area contributed by atoms with Crippen molar-refractivity contribution in [2.24, 2.45) is 14.1 Å². The van der Waals surface area contributed by atoms with Crippen LogP contribution in [-0.4, -0.2) is 67.1 Å². The summed E-state index contributed by atoms with van der Waals surface area (Å²) in [4.78, 5) is 45.6. The molecule has 0 saturated carbocycles. The Balaban J connectivity index is 1.35. The molecule has 1 fully saturated rings. The van der Waals surface area contributed by atoms with Crippen LogP contribution in [0, 0.1) is 0 Å². The van der Waals surface area contributed by atoms with Crippen LogP contribution in [0.2, 0.25) is 5.02 Å². The molecule has 3 aromatic rings. The van der Waals surface area contributed by atoms with E-state index < -0.39 is 0 Å². The molecule has 1 saturated heterocycles. The van der Waals surface area contributed by atoms with Gasteiger partial charge in [0.2, 0.25) is 5.91 Å². The third-order valence-electron chi connectivity index (χ3n) is 5.87. The molecule has 0 N–H and O–H groups in total. The monoisotopic (exact) mass is 444 g/mol. The summed E-state index contributed by atoms with van der Waals surface area (Å²) in [7, 11) is 3.09. The molecule has 10 heteroatoms. The van der Waals surface area contributed by atoms with Crippen LogP contribution in [0.3, 0.4) is 0 Å². The van der Waals surface area contributed by atoms with Crippen LogP contribution in [0.15, 0.2) is 40.2 Å². The van der Waals surface area contributed by atoms with Crippen LogP contribution in [0.4, 0.5) is 0 Å². The number of imidazole rings is 1. The molecule has 31 heavy (non-hydrogen) atoms. The fourth-order valence-corrected chi connectivity index (χ4v) is 4.05. The van der Waals surface area contributed by atoms with Crippen molar-refractivity contribution in [2.45, 2.75) is 13.0 Å². The quantitative estimate of drug-likeness (QED) is 0.571. The molecular weight excluding hydrogens is 420 g/mol. The Hall–Kier alpha value is -2.91. The zero-order chi connectivity index (χ0) is 22.1. The van der Waals surface area contributed by atoms with Gasteiger partial charge in [-0.2, -0.15) is 0 Å². The van der Waals surface area contributed by atoms with Gasteiger partial charge in [-0.15, -0.1) is 0 Å². The average molecular weight is 445 g/mol. The largest absolute Gasteiger partial charge is 0.340 e. The van der Waals surface area contributed by atoms with E-state index in [-0.39, 0.29) is 17.2 Å². The number of amides is 1. The predicted molar refractivity (Wildman–Crippen MR) is 118 cm³/mol. The van der Waals surface area contributed by atoms with Crippen LogP contribution in [0.1, 0.15) is 5.56 Å². The van der Waals surface area contributed by atoms with Crippen LogP contribution >= 0.6 is 11.6 Å². The molecular formula is C21H25ClN6O3. The Morgan fingerprint density at radius 1 is 1.00 bits per heavy atom. The van der Waals surface area contributed by atoms with Crippen LogP contribution in [0.25, 0.3) is 11.2 Å². The van der Waals surface area contributed by atoms with Gasteiger partial charge in [0.1, 0.15) is 0 Å². The Labute approximate surface area is 184 Å². The van der Waals surface area contributed by atoms with Crippen molar-refractivity contribution in [1.82, 2.24) is 28.5 Å². The molecule has 0 spiro atoms. The molecule has 0 unspecified atom stereocenters. The van der Waals surface area contributed by atoms with E-state index in [9.17, 15) is 14.4 Å². The van der Waals surface area contributed by atoms with E-state index in [0.29, 0.717) is 42.2 Å². The first-order chi connectivity index (χ1) is 14.8. The molecule has 164 valence electrons. The van der Waals surface area contributed by atoms with Crippen molar-refractivity contribution in [2.75, 3.05) is 32.7 Å². The number of carbonyl (C=O) groups is 1. The zero-order valence-electron chi connectivity index (χ0n) is 17.6. The fraction of sp³-hybridized carbons (Fsp3) is 0.429. The first-order valence-corrected chi connectivity index (χ1v) is 10.6. The Morgan fingerprint density at radius 3 is 2.35 bits per heavy atom. The highest BCUT2D eigenvalue weighted by Crippen LogP contribution is 2.12. The van der Waals surface area contributed by atoms with Crippen molar-refractivity contribution >= 4 is 28.7 Å². The third-order valence-corrected chi connectivity index (χ3v) is 6.12. The maximum Gasteiger partial charge on any atom is 0.332 e. The summed E-state index contributed by atoms with van der Waals surface area (Å²) in [6, 6.07) is 7.36. The van der Waals surface area contributed by atoms with E-state index in [4.69, 9.17) is 11.6 Å². The van der Waals surface area contributed by atoms with Gasteiger partial charge in [-0.3, -0.25) is 23.6 Å². The topological polar surface area (TPSA) is 85.4 Å². The predicted octanol–water partition coefficient (Wildman–Crippen LogP) is 0.474. The highest BCUT2D eigenvalue weighted by atomic mass is 35.5. The summed E-state index contributed by atoms with van der Waals surface area (Å²) in [5.41, 5.74) is 1.06. The highest BCUT2D eigenvalue weighted by molar-refractivity contribution is 6.30. The lowest BCUT2D eigenvalue weighted by molar-refractivity contribution is -0.132. The molecule has 1 aromatic carbocycles. The van der Waals surface area contributed by atoms with Crippen LogP contribution in [-0.2, 0) is 31.9 Å². The minimum absolute atomic E-state index is 0.118. The second kappa shape index (κ2) is 8.68. The lowest BCUT2D eigenvalue weighted by Gasteiger charge is -2.34. The maximum atomic E-state index is 12.6. The van der Waals surface area contributed by atoms with E-state index in [1.54, 1.807) is 30.1 Å². The zero-order valence-corrected chi connectivity index (χ0v) is 18.4. The van der Waals surface area contributed by atoms with Crippen molar-refractivity contribution < 1.29 is 4.79 Å². The normalized spacial score (nSPS) is 15.0. The van der Waals surface area contributed by atoms with Gasteiger partial charge in [0.05, 0.1) is 12.7 Å². The SMILES string of the molecule is Cn1c(=O)c2c(ncn2CCN2CCN(C(=O)Cc3ccc(Cl)cc3)CC2)n(C)c1=O. The van der Waals surface area contributed by atoms with E-state index in [0.717, 1.165) is 29.8 Å². The molecule has 2 aromatic heterocycles. The first kappa shape index (κ1) is 21.3. The highest BCUT2D eigenvalue weighted by Gasteiger charge is 2.21. The summed E-state index contributed by atoms with van der Waals surface area (Å²) < 4.78 is 4.29. The standard InChI is InChI=1S/C21H25ClN6O3/c1-24-19-18(20(30)25(2)21(24)31)28(14-23-19)12-9-26-7-10-27(11-8-26)17(29)13-15-3-5-16(22)6-4-15/h3-6,14H,7-13H2,1-2H3. The molecule has 0 bridgehead atoms. The van der Waals surface area contributed by atoms with Gasteiger partial charge in [-0.05, 0) is 17.7 Å². The Morgan fingerprint density at radius 2 is 1.68 bits per heavy atom. The molecule has 1 amide bonds. The molecule has 4 rings (SSSR count). The minimum Gasteiger partial charge on any atom is -0.340 e. The number of benzene rings is 1. The number of hydrogen-bond acceptors (Lipinski definition) is 5. The molecule has 0 aliphatic carbocycles. The molecule has 9 nitrogen and oxygen atoms in total. The van der Waals surface area contributed by atoms with Crippen molar-refractivity contribution in [3.8, 4) is 0 Å². The van der Waals surface area contributed by atoms with Gasteiger partial charge in [0, 0.05) is 58.4 Å². The molecule has 1 aliphatic heterocycles. The summed E-state index contributed by atoms with van der Waals surface area (Å²) in [5.74, 6) is 0.118. The van der Waals surface area contributed by atoms with Crippen LogP contribution < -0.4 is 11.2 Å². The number of aryl methyl sites for hydroxylation is 1. The number of rotatable bonds is 5. The van der Waals surface area contributed by atoms with E-state index >= 15 is 0 Å². The fourth-order valence-electron chi connectivity index (χ4n) is 3.93. The average Bonchev–Trinajstić information content (AvgIpc) is 3.21. The summed E-state index contributed by atoms with van der Waals surface area (Å²) in [6.45, 7) is 4.21. The molecule has 0 atom stereocenters.